The highest BCUT2D eigenvalue weighted by atomic mass is 16.5. The second kappa shape index (κ2) is 8.10. The molecule has 136 valence electrons. The summed E-state index contributed by atoms with van der Waals surface area (Å²) >= 11 is 0. The second-order valence-electron chi connectivity index (χ2n) is 6.49. The number of likely N-dealkylation sites (N-methyl/N-ethyl adjacent to an activating group) is 1. The molecule has 2 heterocycles. The third-order valence-electron chi connectivity index (χ3n) is 4.51. The van der Waals surface area contributed by atoms with Crippen LogP contribution < -0.4 is 0 Å². The van der Waals surface area contributed by atoms with Gasteiger partial charge in [0, 0.05) is 37.5 Å². The van der Waals surface area contributed by atoms with Gasteiger partial charge in [0.25, 0.3) is 5.91 Å². The molecular weight excluding hydrogens is 332 g/mol. The minimum absolute atomic E-state index is 0.0665. The molecule has 1 aliphatic heterocycles. The van der Waals surface area contributed by atoms with E-state index >= 15 is 0 Å². The lowest BCUT2D eigenvalue weighted by atomic mass is 10.1. The first kappa shape index (κ1) is 18.1. The summed E-state index contributed by atoms with van der Waals surface area (Å²) < 4.78 is 5.71. The highest BCUT2D eigenvalue weighted by molar-refractivity contribution is 5.95. The first-order valence-electron chi connectivity index (χ1n) is 8.71. The molecule has 1 aromatic heterocycles. The maximum Gasteiger partial charge on any atom is 0.337 e. The molecule has 6 heteroatoms. The van der Waals surface area contributed by atoms with Crippen molar-refractivity contribution in [2.75, 3.05) is 20.2 Å². The number of carbonyl (C=O) groups is 2. The van der Waals surface area contributed by atoms with E-state index in [-0.39, 0.29) is 17.6 Å². The Bertz CT molecular complexity index is 783. The number of ether oxygens (including phenoxy) is 1. The summed E-state index contributed by atoms with van der Waals surface area (Å²) in [5.74, 6) is -1.08. The monoisotopic (exact) mass is 354 g/mol. The van der Waals surface area contributed by atoms with Gasteiger partial charge in [-0.25, -0.2) is 4.79 Å². The van der Waals surface area contributed by atoms with E-state index in [1.807, 2.05) is 6.07 Å². The van der Waals surface area contributed by atoms with Crippen LogP contribution in [0, 0.1) is 0 Å². The minimum atomic E-state index is -1.01. The predicted octanol–water partition coefficient (Wildman–Crippen LogP) is 3.09. The smallest absolute Gasteiger partial charge is 0.337 e. The lowest BCUT2D eigenvalue weighted by Crippen LogP contribution is -2.37. The SMILES string of the molecule is CN(C[C@@H]1CCCCO1)C(=O)c1cccc(-c2ccc(C(=O)O)cn2)c1. The van der Waals surface area contributed by atoms with E-state index in [9.17, 15) is 9.59 Å². The molecule has 26 heavy (non-hydrogen) atoms. The average molecular weight is 354 g/mol. The van der Waals surface area contributed by atoms with Crippen molar-refractivity contribution in [1.29, 1.82) is 0 Å². The molecular formula is C20H22N2O4. The fourth-order valence-corrected chi connectivity index (χ4v) is 3.06. The zero-order valence-corrected chi connectivity index (χ0v) is 14.7. The molecule has 3 rings (SSSR count). The maximum absolute atomic E-state index is 12.7. The van der Waals surface area contributed by atoms with E-state index in [4.69, 9.17) is 9.84 Å². The van der Waals surface area contributed by atoms with Gasteiger partial charge in [-0.1, -0.05) is 12.1 Å². The van der Waals surface area contributed by atoms with Crippen LogP contribution >= 0.6 is 0 Å². The van der Waals surface area contributed by atoms with Crippen molar-refractivity contribution in [3.63, 3.8) is 0 Å². The van der Waals surface area contributed by atoms with Crippen molar-refractivity contribution in [3.8, 4) is 11.3 Å². The number of aromatic carboxylic acids is 1. The topological polar surface area (TPSA) is 79.7 Å². The number of pyridine rings is 1. The number of aromatic nitrogens is 1. The predicted molar refractivity (Wildman–Crippen MR) is 97.2 cm³/mol. The Labute approximate surface area is 152 Å². The summed E-state index contributed by atoms with van der Waals surface area (Å²) in [4.78, 5) is 29.5. The van der Waals surface area contributed by atoms with Crippen LogP contribution in [0.4, 0.5) is 0 Å². The van der Waals surface area contributed by atoms with Gasteiger partial charge in [0.05, 0.1) is 17.4 Å². The van der Waals surface area contributed by atoms with Gasteiger partial charge in [-0.2, -0.15) is 0 Å². The van der Waals surface area contributed by atoms with E-state index in [0.717, 1.165) is 31.4 Å². The van der Waals surface area contributed by atoms with Gasteiger partial charge in [0.2, 0.25) is 0 Å². The van der Waals surface area contributed by atoms with Crippen molar-refractivity contribution in [2.45, 2.75) is 25.4 Å². The zero-order valence-electron chi connectivity index (χ0n) is 14.7. The Morgan fingerprint density at radius 2 is 2.08 bits per heavy atom. The first-order valence-corrected chi connectivity index (χ1v) is 8.71. The molecule has 0 radical (unpaired) electrons. The van der Waals surface area contributed by atoms with Crippen LogP contribution in [0.15, 0.2) is 42.6 Å². The van der Waals surface area contributed by atoms with Crippen molar-refractivity contribution >= 4 is 11.9 Å². The fraction of sp³-hybridized carbons (Fsp3) is 0.350. The number of carbonyl (C=O) groups excluding carboxylic acids is 1. The summed E-state index contributed by atoms with van der Waals surface area (Å²) in [6.45, 7) is 1.34. The van der Waals surface area contributed by atoms with Crippen LogP contribution in [0.1, 0.15) is 40.0 Å². The standard InChI is InChI=1S/C20H22N2O4/c1-22(13-17-7-2-3-10-26-17)19(23)15-6-4-5-14(11-15)18-9-8-16(12-21-18)20(24)25/h4-6,8-9,11-12,17H,2-3,7,10,13H2,1H3,(H,24,25)/t17-/m0/s1. The summed E-state index contributed by atoms with van der Waals surface area (Å²) in [5, 5.41) is 8.96. The quantitative estimate of drug-likeness (QED) is 0.892. The molecule has 2 aromatic rings. The Balaban J connectivity index is 1.73. The molecule has 0 bridgehead atoms. The highest BCUT2D eigenvalue weighted by Crippen LogP contribution is 2.20. The second-order valence-corrected chi connectivity index (χ2v) is 6.49. The normalized spacial score (nSPS) is 16.9. The third kappa shape index (κ3) is 4.26. The van der Waals surface area contributed by atoms with Crippen molar-refractivity contribution in [3.05, 3.63) is 53.7 Å². The Morgan fingerprint density at radius 3 is 2.73 bits per heavy atom. The fourth-order valence-electron chi connectivity index (χ4n) is 3.06. The molecule has 1 fully saturated rings. The Morgan fingerprint density at radius 1 is 1.23 bits per heavy atom. The number of carboxylic acid groups (broad SMARTS) is 1. The van der Waals surface area contributed by atoms with Gasteiger partial charge >= 0.3 is 5.97 Å². The van der Waals surface area contributed by atoms with Crippen LogP contribution in [-0.4, -0.2) is 53.2 Å². The van der Waals surface area contributed by atoms with Crippen LogP contribution in [0.3, 0.4) is 0 Å². The third-order valence-corrected chi connectivity index (χ3v) is 4.51. The van der Waals surface area contributed by atoms with E-state index in [2.05, 4.69) is 4.98 Å². The van der Waals surface area contributed by atoms with Crippen LogP contribution in [0.25, 0.3) is 11.3 Å². The number of carboxylic acids is 1. The maximum atomic E-state index is 12.7. The van der Waals surface area contributed by atoms with E-state index in [0.29, 0.717) is 17.8 Å². The average Bonchev–Trinajstić information content (AvgIpc) is 2.68. The van der Waals surface area contributed by atoms with Gasteiger partial charge in [-0.15, -0.1) is 0 Å². The molecule has 1 amide bonds. The van der Waals surface area contributed by atoms with Crippen molar-refractivity contribution < 1.29 is 19.4 Å². The van der Waals surface area contributed by atoms with E-state index in [1.54, 1.807) is 36.2 Å². The molecule has 1 aromatic carbocycles. The molecule has 6 nitrogen and oxygen atoms in total. The minimum Gasteiger partial charge on any atom is -0.478 e. The van der Waals surface area contributed by atoms with E-state index < -0.39 is 5.97 Å². The molecule has 0 aliphatic carbocycles. The van der Waals surface area contributed by atoms with Crippen LogP contribution in [0.5, 0.6) is 0 Å². The number of amides is 1. The highest BCUT2D eigenvalue weighted by Gasteiger charge is 2.20. The molecule has 1 N–H and O–H groups in total. The van der Waals surface area contributed by atoms with Gasteiger partial charge in [-0.05, 0) is 43.5 Å². The molecule has 0 unspecified atom stereocenters. The lowest BCUT2D eigenvalue weighted by molar-refractivity contribution is -0.000186. The number of nitrogens with zero attached hydrogens (tertiary/aromatic N) is 2. The molecule has 0 saturated carbocycles. The number of rotatable bonds is 5. The summed E-state index contributed by atoms with van der Waals surface area (Å²) in [6.07, 6.45) is 4.63. The number of hydrogen-bond donors (Lipinski definition) is 1. The molecule has 1 atom stereocenters. The first-order chi connectivity index (χ1) is 12.5. The van der Waals surface area contributed by atoms with Gasteiger partial charge in [0.15, 0.2) is 0 Å². The summed E-state index contributed by atoms with van der Waals surface area (Å²) in [6, 6.07) is 10.4. The molecule has 0 spiro atoms. The van der Waals surface area contributed by atoms with Crippen LogP contribution in [-0.2, 0) is 4.74 Å². The summed E-state index contributed by atoms with van der Waals surface area (Å²) in [7, 11) is 1.78. The van der Waals surface area contributed by atoms with Gasteiger partial charge in [0.1, 0.15) is 0 Å². The van der Waals surface area contributed by atoms with Crippen molar-refractivity contribution in [2.24, 2.45) is 0 Å². The van der Waals surface area contributed by atoms with Gasteiger partial charge < -0.3 is 14.7 Å². The Hall–Kier alpha value is -2.73. The number of hydrogen-bond acceptors (Lipinski definition) is 4. The molecule has 1 saturated heterocycles. The zero-order chi connectivity index (χ0) is 18.5. The Kier molecular flexibility index (Phi) is 5.63. The number of benzene rings is 1. The van der Waals surface area contributed by atoms with Crippen molar-refractivity contribution in [1.82, 2.24) is 9.88 Å². The largest absolute Gasteiger partial charge is 0.478 e. The lowest BCUT2D eigenvalue weighted by Gasteiger charge is -2.27. The van der Waals surface area contributed by atoms with E-state index in [1.165, 1.54) is 12.3 Å². The summed E-state index contributed by atoms with van der Waals surface area (Å²) in [5.41, 5.74) is 2.11. The van der Waals surface area contributed by atoms with Crippen LogP contribution in [0.2, 0.25) is 0 Å². The molecule has 1 aliphatic rings. The van der Waals surface area contributed by atoms with Gasteiger partial charge in [-0.3, -0.25) is 9.78 Å².